The van der Waals surface area contributed by atoms with Gasteiger partial charge in [-0.1, -0.05) is 42.5 Å². The fourth-order valence-corrected chi connectivity index (χ4v) is 6.31. The molecule has 0 bridgehead atoms. The molecule has 1 aromatic heterocycles. The number of hydrogen-bond donors (Lipinski definition) is 0. The van der Waals surface area contributed by atoms with E-state index in [1.807, 2.05) is 66.4 Å². The number of hydrogen-bond acceptors (Lipinski definition) is 5. The molecule has 1 unspecified atom stereocenters. The third-order valence-electron chi connectivity index (χ3n) is 6.01. The van der Waals surface area contributed by atoms with Crippen molar-refractivity contribution in [2.75, 3.05) is 31.9 Å². The molecule has 0 radical (unpaired) electrons. The highest BCUT2D eigenvalue weighted by molar-refractivity contribution is 7.89. The van der Waals surface area contributed by atoms with Crippen LogP contribution in [0.5, 0.6) is 0 Å². The summed E-state index contributed by atoms with van der Waals surface area (Å²) >= 11 is 1.62. The molecule has 1 amide bonds. The molecule has 0 saturated carbocycles. The largest absolute Gasteiger partial charge is 0.339 e. The smallest absolute Gasteiger partial charge is 0.233 e. The summed E-state index contributed by atoms with van der Waals surface area (Å²) in [6.45, 7) is 5.12. The first-order valence-electron chi connectivity index (χ1n) is 10.5. The summed E-state index contributed by atoms with van der Waals surface area (Å²) in [7, 11) is -3.23. The van der Waals surface area contributed by atoms with Crippen LogP contribution in [-0.4, -0.2) is 60.4 Å². The van der Waals surface area contributed by atoms with Crippen molar-refractivity contribution in [3.63, 3.8) is 0 Å². The summed E-state index contributed by atoms with van der Waals surface area (Å²) < 4.78 is 27.0. The number of nitrogens with zero attached hydrogens (tertiary/aromatic N) is 3. The second-order valence-electron chi connectivity index (χ2n) is 8.04. The van der Waals surface area contributed by atoms with Gasteiger partial charge in [-0.2, -0.15) is 4.31 Å². The quantitative estimate of drug-likeness (QED) is 0.570. The predicted molar refractivity (Wildman–Crippen MR) is 125 cm³/mol. The van der Waals surface area contributed by atoms with Gasteiger partial charge in [-0.05, 0) is 31.5 Å². The highest BCUT2D eigenvalue weighted by atomic mass is 32.2. The molecular weight excluding hydrogens is 430 g/mol. The number of carbonyl (C=O) groups excluding carboxylic acids is 1. The number of carbonyl (C=O) groups is 1. The van der Waals surface area contributed by atoms with Crippen LogP contribution in [0.4, 0.5) is 0 Å². The Labute approximate surface area is 187 Å². The molecule has 0 spiro atoms. The van der Waals surface area contributed by atoms with E-state index < -0.39 is 15.4 Å². The molecule has 4 rings (SSSR count). The minimum Gasteiger partial charge on any atom is -0.339 e. The summed E-state index contributed by atoms with van der Waals surface area (Å²) in [5.74, 6) is 0.104. The Morgan fingerprint density at radius 1 is 1.03 bits per heavy atom. The second kappa shape index (κ2) is 8.68. The highest BCUT2D eigenvalue weighted by Gasteiger charge is 2.41. The topological polar surface area (TPSA) is 70.6 Å². The number of sulfonamides is 1. The van der Waals surface area contributed by atoms with Crippen LogP contribution in [0.1, 0.15) is 24.4 Å². The molecule has 2 aromatic carbocycles. The van der Waals surface area contributed by atoms with E-state index in [0.29, 0.717) is 32.6 Å². The zero-order valence-corrected chi connectivity index (χ0v) is 19.5. The molecule has 164 valence electrons. The van der Waals surface area contributed by atoms with Crippen molar-refractivity contribution in [1.82, 2.24) is 14.2 Å². The highest BCUT2D eigenvalue weighted by Crippen LogP contribution is 2.34. The molecule has 1 aliphatic heterocycles. The van der Waals surface area contributed by atoms with E-state index in [4.69, 9.17) is 4.98 Å². The third kappa shape index (κ3) is 4.37. The van der Waals surface area contributed by atoms with E-state index in [1.165, 1.54) is 4.31 Å². The van der Waals surface area contributed by atoms with Crippen molar-refractivity contribution >= 4 is 37.5 Å². The van der Waals surface area contributed by atoms with Gasteiger partial charge < -0.3 is 4.90 Å². The maximum absolute atomic E-state index is 13.8. The number of para-hydroxylation sites is 1. The van der Waals surface area contributed by atoms with Gasteiger partial charge in [0.2, 0.25) is 15.9 Å². The molecule has 3 aromatic rings. The molecule has 1 aliphatic rings. The molecular formula is C23H27N3O3S2. The van der Waals surface area contributed by atoms with Crippen molar-refractivity contribution in [2.45, 2.75) is 25.7 Å². The van der Waals surface area contributed by atoms with Crippen molar-refractivity contribution in [3.8, 4) is 0 Å². The standard InChI is InChI=1S/C23H27N3O3S2/c1-3-31(28,29)26-15-13-25(14-16-26)22(27)23(2,18-9-5-4-6-10-18)17-21-24-19-11-7-8-12-20(19)30-21/h4-12H,3,13-17H2,1-2H3. The monoisotopic (exact) mass is 457 g/mol. The van der Waals surface area contributed by atoms with Gasteiger partial charge in [-0.25, -0.2) is 13.4 Å². The van der Waals surface area contributed by atoms with E-state index >= 15 is 0 Å². The van der Waals surface area contributed by atoms with E-state index in [-0.39, 0.29) is 11.7 Å². The fraction of sp³-hybridized carbons (Fsp3) is 0.391. The Balaban J connectivity index is 1.61. The average molecular weight is 458 g/mol. The van der Waals surface area contributed by atoms with Gasteiger partial charge in [-0.3, -0.25) is 4.79 Å². The van der Waals surface area contributed by atoms with Crippen molar-refractivity contribution < 1.29 is 13.2 Å². The Morgan fingerprint density at radius 2 is 1.68 bits per heavy atom. The number of fused-ring (bicyclic) bond motifs is 1. The van der Waals surface area contributed by atoms with Crippen molar-refractivity contribution in [3.05, 3.63) is 65.2 Å². The predicted octanol–water partition coefficient (Wildman–Crippen LogP) is 3.29. The lowest BCUT2D eigenvalue weighted by Crippen LogP contribution is -2.55. The van der Waals surface area contributed by atoms with Gasteiger partial charge >= 0.3 is 0 Å². The SMILES string of the molecule is CCS(=O)(=O)N1CCN(C(=O)C(C)(Cc2nc3ccccc3s2)c2ccccc2)CC1. The summed E-state index contributed by atoms with van der Waals surface area (Å²) in [5, 5.41) is 0.924. The third-order valence-corrected chi connectivity index (χ3v) is 8.93. The second-order valence-corrected chi connectivity index (χ2v) is 11.4. The van der Waals surface area contributed by atoms with Gasteiger partial charge in [0.25, 0.3) is 0 Å². The maximum atomic E-state index is 13.8. The zero-order chi connectivity index (χ0) is 22.1. The molecule has 1 fully saturated rings. The van der Waals surface area contributed by atoms with Crippen molar-refractivity contribution in [1.29, 1.82) is 0 Å². The molecule has 1 saturated heterocycles. The van der Waals surface area contributed by atoms with Gasteiger partial charge in [0.05, 0.1) is 26.4 Å². The van der Waals surface area contributed by atoms with Crippen LogP contribution in [0.15, 0.2) is 54.6 Å². The average Bonchev–Trinajstić information content (AvgIpc) is 3.21. The molecule has 1 atom stereocenters. The van der Waals surface area contributed by atoms with Crippen LogP contribution in [-0.2, 0) is 26.7 Å². The lowest BCUT2D eigenvalue weighted by atomic mass is 9.78. The van der Waals surface area contributed by atoms with Crippen molar-refractivity contribution in [2.24, 2.45) is 0 Å². The van der Waals surface area contributed by atoms with Crippen LogP contribution < -0.4 is 0 Å². The molecule has 0 N–H and O–H groups in total. The van der Waals surface area contributed by atoms with Gasteiger partial charge in [0.1, 0.15) is 0 Å². The molecule has 31 heavy (non-hydrogen) atoms. The minimum absolute atomic E-state index is 0.0199. The normalized spacial score (nSPS) is 17.5. The van der Waals surface area contributed by atoms with Gasteiger partial charge in [0, 0.05) is 32.6 Å². The number of amides is 1. The Bertz CT molecular complexity index is 1140. The number of thiazole rings is 1. The molecule has 6 nitrogen and oxygen atoms in total. The van der Waals surface area contributed by atoms with Crippen LogP contribution in [0, 0.1) is 0 Å². The van der Waals surface area contributed by atoms with Crippen LogP contribution in [0.2, 0.25) is 0 Å². The number of aromatic nitrogens is 1. The first-order chi connectivity index (χ1) is 14.8. The Kier molecular flexibility index (Phi) is 6.14. The Hall–Kier alpha value is -2.29. The number of benzene rings is 2. The Morgan fingerprint density at radius 3 is 2.32 bits per heavy atom. The zero-order valence-electron chi connectivity index (χ0n) is 17.8. The fourth-order valence-electron chi connectivity index (χ4n) is 4.11. The lowest BCUT2D eigenvalue weighted by molar-refractivity contribution is -0.138. The minimum atomic E-state index is -3.23. The number of rotatable bonds is 6. The van der Waals surface area contributed by atoms with E-state index in [0.717, 1.165) is 20.8 Å². The van der Waals surface area contributed by atoms with Gasteiger partial charge in [0.15, 0.2) is 0 Å². The summed E-state index contributed by atoms with van der Waals surface area (Å²) in [4.78, 5) is 20.4. The van der Waals surface area contributed by atoms with Crippen LogP contribution in [0.25, 0.3) is 10.2 Å². The lowest BCUT2D eigenvalue weighted by Gasteiger charge is -2.39. The summed E-state index contributed by atoms with van der Waals surface area (Å²) in [6.07, 6.45) is 0.503. The van der Waals surface area contributed by atoms with Crippen LogP contribution >= 0.6 is 11.3 Å². The molecule has 2 heterocycles. The van der Waals surface area contributed by atoms with E-state index in [1.54, 1.807) is 18.3 Å². The summed E-state index contributed by atoms with van der Waals surface area (Å²) in [5.41, 5.74) is 1.12. The summed E-state index contributed by atoms with van der Waals surface area (Å²) in [6, 6.07) is 17.8. The van der Waals surface area contributed by atoms with E-state index in [9.17, 15) is 13.2 Å². The molecule has 8 heteroatoms. The maximum Gasteiger partial charge on any atom is 0.233 e. The van der Waals surface area contributed by atoms with E-state index in [2.05, 4.69) is 0 Å². The van der Waals surface area contributed by atoms with Crippen LogP contribution in [0.3, 0.4) is 0 Å². The first-order valence-corrected chi connectivity index (χ1v) is 12.9. The molecule has 0 aliphatic carbocycles. The van der Waals surface area contributed by atoms with Gasteiger partial charge in [-0.15, -0.1) is 11.3 Å². The number of piperazine rings is 1. The first kappa shape index (κ1) is 21.9.